The molecule has 3 aromatic carbocycles. The van der Waals surface area contributed by atoms with Crippen molar-refractivity contribution >= 4 is 61.1 Å². The van der Waals surface area contributed by atoms with Gasteiger partial charge in [-0.25, -0.2) is 9.79 Å². The molecule has 1 atom stereocenters. The summed E-state index contributed by atoms with van der Waals surface area (Å²) in [6, 6.07) is 19.5. The van der Waals surface area contributed by atoms with Crippen LogP contribution in [0, 0.1) is 0 Å². The van der Waals surface area contributed by atoms with Gasteiger partial charge in [0.1, 0.15) is 5.75 Å². The molecule has 0 spiro atoms. The number of carbonyl (C=O) groups excluding carboxylic acids is 1. The summed E-state index contributed by atoms with van der Waals surface area (Å²) in [5, 5.41) is 2.33. The second-order valence-corrected chi connectivity index (χ2v) is 11.6. The Kier molecular flexibility index (Phi) is 7.17. The molecule has 5 aromatic rings. The highest BCUT2D eigenvalue weighted by Crippen LogP contribution is 2.35. The van der Waals surface area contributed by atoms with Crippen molar-refractivity contribution in [2.45, 2.75) is 33.4 Å². The molecule has 6 rings (SSSR count). The molecule has 0 fully saturated rings. The van der Waals surface area contributed by atoms with E-state index in [1.54, 1.807) is 25.5 Å². The van der Waals surface area contributed by atoms with E-state index in [-0.39, 0.29) is 12.2 Å². The van der Waals surface area contributed by atoms with Gasteiger partial charge in [-0.05, 0) is 84.2 Å². The summed E-state index contributed by atoms with van der Waals surface area (Å²) < 4.78 is 16.0. The Morgan fingerprint density at radius 1 is 1.07 bits per heavy atom. The number of halogens is 1. The zero-order valence-electron chi connectivity index (χ0n) is 23.1. The predicted octanol–water partition coefficient (Wildman–Crippen LogP) is 5.70. The average molecular weight is 631 g/mol. The summed E-state index contributed by atoms with van der Waals surface area (Å²) in [6.45, 7) is 6.77. The molecule has 9 heteroatoms. The minimum absolute atomic E-state index is 0.212. The van der Waals surface area contributed by atoms with Gasteiger partial charge in [0.25, 0.3) is 5.56 Å². The van der Waals surface area contributed by atoms with E-state index < -0.39 is 12.0 Å². The number of thiazole rings is 1. The molecule has 0 bridgehead atoms. The largest absolute Gasteiger partial charge is 0.496 e. The van der Waals surface area contributed by atoms with Crippen molar-refractivity contribution < 1.29 is 14.3 Å². The number of esters is 1. The van der Waals surface area contributed by atoms with Crippen molar-refractivity contribution in [2.75, 3.05) is 13.7 Å². The molecule has 0 unspecified atom stereocenters. The maximum Gasteiger partial charge on any atom is 0.338 e. The van der Waals surface area contributed by atoms with E-state index in [1.165, 1.54) is 22.2 Å². The van der Waals surface area contributed by atoms with Crippen molar-refractivity contribution in [1.82, 2.24) is 9.13 Å². The standard InChI is InChI=1S/C32H28BrN3O4S/c1-5-35-24-10-8-7-9-21(24)22-15-19(11-13-25(22)35)16-27-30(37)36-29(20-12-14-26(39-4)23(33)17-20)28(31(38)40-6-2)18(3)34-32(36)41-27/h7-17,29H,5-6H2,1-4H3/b27-16+/t29-/m0/s1. The first-order chi connectivity index (χ1) is 19.9. The first-order valence-electron chi connectivity index (χ1n) is 13.4. The van der Waals surface area contributed by atoms with Gasteiger partial charge in [0.05, 0.1) is 40.0 Å². The summed E-state index contributed by atoms with van der Waals surface area (Å²) in [6.07, 6.45) is 1.91. The van der Waals surface area contributed by atoms with E-state index in [9.17, 15) is 9.59 Å². The normalized spacial score (nSPS) is 15.3. The van der Waals surface area contributed by atoms with E-state index in [0.717, 1.165) is 33.0 Å². The average Bonchev–Trinajstić information content (AvgIpc) is 3.45. The Hall–Kier alpha value is -3.95. The Morgan fingerprint density at radius 3 is 2.59 bits per heavy atom. The van der Waals surface area contributed by atoms with Crippen LogP contribution >= 0.6 is 27.3 Å². The molecule has 0 radical (unpaired) electrons. The molecule has 3 heterocycles. The van der Waals surface area contributed by atoms with Crippen LogP contribution in [0.25, 0.3) is 27.9 Å². The monoisotopic (exact) mass is 629 g/mol. The van der Waals surface area contributed by atoms with E-state index in [0.29, 0.717) is 26.4 Å². The molecule has 1 aliphatic heterocycles. The van der Waals surface area contributed by atoms with Gasteiger partial charge < -0.3 is 14.0 Å². The van der Waals surface area contributed by atoms with E-state index >= 15 is 0 Å². The lowest BCUT2D eigenvalue weighted by Crippen LogP contribution is -2.39. The summed E-state index contributed by atoms with van der Waals surface area (Å²) >= 11 is 4.87. The quantitative estimate of drug-likeness (QED) is 0.226. The van der Waals surface area contributed by atoms with Crippen LogP contribution in [0.4, 0.5) is 0 Å². The maximum atomic E-state index is 14.0. The Balaban J connectivity index is 1.55. The van der Waals surface area contributed by atoms with Gasteiger partial charge in [-0.1, -0.05) is 41.7 Å². The number of methoxy groups -OCH3 is 1. The first-order valence-corrected chi connectivity index (χ1v) is 15.0. The van der Waals surface area contributed by atoms with Crippen molar-refractivity contribution in [3.05, 3.63) is 107 Å². The van der Waals surface area contributed by atoms with Crippen LogP contribution in [-0.4, -0.2) is 28.8 Å². The number of aromatic nitrogens is 2. The van der Waals surface area contributed by atoms with Crippen LogP contribution in [0.2, 0.25) is 0 Å². The Bertz CT molecular complexity index is 2070. The molecule has 0 aliphatic carbocycles. The van der Waals surface area contributed by atoms with Crippen molar-refractivity contribution in [1.29, 1.82) is 0 Å². The fraction of sp³-hybridized carbons (Fsp3) is 0.219. The number of ether oxygens (including phenoxy) is 2. The van der Waals surface area contributed by atoms with Crippen LogP contribution < -0.4 is 19.6 Å². The lowest BCUT2D eigenvalue weighted by Gasteiger charge is -2.25. The highest BCUT2D eigenvalue weighted by molar-refractivity contribution is 9.10. The molecule has 1 aliphatic rings. The highest BCUT2D eigenvalue weighted by atomic mass is 79.9. The molecular formula is C32H28BrN3O4S. The molecule has 0 N–H and O–H groups in total. The minimum Gasteiger partial charge on any atom is -0.496 e. The predicted molar refractivity (Wildman–Crippen MR) is 166 cm³/mol. The second kappa shape index (κ2) is 10.8. The fourth-order valence-electron chi connectivity index (χ4n) is 5.61. The first kappa shape index (κ1) is 27.2. The molecule has 0 amide bonds. The molecule has 2 aromatic heterocycles. The lowest BCUT2D eigenvalue weighted by molar-refractivity contribution is -0.139. The summed E-state index contributed by atoms with van der Waals surface area (Å²) in [7, 11) is 1.59. The van der Waals surface area contributed by atoms with Gasteiger partial charge >= 0.3 is 5.97 Å². The van der Waals surface area contributed by atoms with Gasteiger partial charge in [0.15, 0.2) is 4.80 Å². The number of benzene rings is 3. The summed E-state index contributed by atoms with van der Waals surface area (Å²) in [5.74, 6) is 0.164. The number of allylic oxidation sites excluding steroid dienone is 1. The van der Waals surface area contributed by atoms with Crippen LogP contribution in [0.15, 0.2) is 86.2 Å². The molecule has 41 heavy (non-hydrogen) atoms. The molecule has 208 valence electrons. The number of para-hydroxylation sites is 1. The third-order valence-corrected chi connectivity index (χ3v) is 9.02. The molecule has 0 saturated carbocycles. The number of hydrogen-bond acceptors (Lipinski definition) is 6. The van der Waals surface area contributed by atoms with Crippen LogP contribution in [-0.2, 0) is 16.1 Å². The number of hydrogen-bond donors (Lipinski definition) is 0. The third kappa shape index (κ3) is 4.53. The smallest absolute Gasteiger partial charge is 0.338 e. The van der Waals surface area contributed by atoms with Crippen molar-refractivity contribution in [3.8, 4) is 5.75 Å². The number of carbonyl (C=O) groups is 1. The van der Waals surface area contributed by atoms with Crippen molar-refractivity contribution in [2.24, 2.45) is 4.99 Å². The summed E-state index contributed by atoms with van der Waals surface area (Å²) in [4.78, 5) is 32.4. The number of fused-ring (bicyclic) bond motifs is 4. The topological polar surface area (TPSA) is 74.8 Å². The van der Waals surface area contributed by atoms with Crippen LogP contribution in [0.1, 0.15) is 37.9 Å². The van der Waals surface area contributed by atoms with E-state index in [4.69, 9.17) is 14.5 Å². The Labute approximate surface area is 248 Å². The van der Waals surface area contributed by atoms with Gasteiger partial charge in [-0.15, -0.1) is 0 Å². The zero-order chi connectivity index (χ0) is 28.8. The zero-order valence-corrected chi connectivity index (χ0v) is 25.5. The summed E-state index contributed by atoms with van der Waals surface area (Å²) in [5.41, 5.74) is 4.68. The third-order valence-electron chi connectivity index (χ3n) is 7.42. The molecular weight excluding hydrogens is 602 g/mol. The minimum atomic E-state index is -0.695. The van der Waals surface area contributed by atoms with Gasteiger partial charge in [0.2, 0.25) is 0 Å². The van der Waals surface area contributed by atoms with Crippen LogP contribution in [0.5, 0.6) is 5.75 Å². The van der Waals surface area contributed by atoms with Gasteiger partial charge in [-0.3, -0.25) is 9.36 Å². The maximum absolute atomic E-state index is 14.0. The lowest BCUT2D eigenvalue weighted by atomic mass is 9.96. The van der Waals surface area contributed by atoms with Crippen molar-refractivity contribution in [3.63, 3.8) is 0 Å². The van der Waals surface area contributed by atoms with Gasteiger partial charge in [0, 0.05) is 28.4 Å². The highest BCUT2D eigenvalue weighted by Gasteiger charge is 2.33. The SMILES string of the molecule is CCOC(=O)C1=C(C)N=c2s/c(=C/c3ccc4c(c3)c3ccccc3n4CC)c(=O)n2[C@H]1c1ccc(OC)c(Br)c1. The number of rotatable bonds is 6. The molecule has 7 nitrogen and oxygen atoms in total. The number of nitrogens with zero attached hydrogens (tertiary/aromatic N) is 3. The Morgan fingerprint density at radius 2 is 1.85 bits per heavy atom. The fourth-order valence-corrected chi connectivity index (χ4v) is 7.22. The van der Waals surface area contributed by atoms with E-state index in [2.05, 4.69) is 57.8 Å². The second-order valence-electron chi connectivity index (χ2n) is 9.73. The molecule has 0 saturated heterocycles. The number of aryl methyl sites for hydroxylation is 1. The van der Waals surface area contributed by atoms with E-state index in [1.807, 2.05) is 36.4 Å². The van der Waals surface area contributed by atoms with Crippen LogP contribution in [0.3, 0.4) is 0 Å². The van der Waals surface area contributed by atoms with Gasteiger partial charge in [-0.2, -0.15) is 0 Å².